The Morgan fingerprint density at radius 2 is 1.79 bits per heavy atom. The Morgan fingerprint density at radius 3 is 2.42 bits per heavy atom. The lowest BCUT2D eigenvalue weighted by molar-refractivity contribution is -0.651. The van der Waals surface area contributed by atoms with E-state index in [4.69, 9.17) is 5.10 Å². The second-order valence-corrected chi connectivity index (χ2v) is 5.54. The van der Waals surface area contributed by atoms with E-state index in [0.717, 1.165) is 22.4 Å². The van der Waals surface area contributed by atoms with Crippen LogP contribution in [0.25, 0.3) is 22.1 Å². The predicted octanol–water partition coefficient (Wildman–Crippen LogP) is 2.24. The Labute approximate surface area is 112 Å². The van der Waals surface area contributed by atoms with Gasteiger partial charge in [-0.15, -0.1) is 0 Å². The van der Waals surface area contributed by atoms with Crippen molar-refractivity contribution in [3.8, 4) is 0 Å². The lowest BCUT2D eigenvalue weighted by Crippen LogP contribution is -2.30. The van der Waals surface area contributed by atoms with Gasteiger partial charge in [0.1, 0.15) is 5.52 Å². The predicted molar refractivity (Wildman–Crippen MR) is 75.2 cm³/mol. The van der Waals surface area contributed by atoms with Crippen molar-refractivity contribution < 1.29 is 4.57 Å². The fourth-order valence-electron chi connectivity index (χ4n) is 2.65. The summed E-state index contributed by atoms with van der Waals surface area (Å²) in [6, 6.07) is 0.323. The molecule has 0 aliphatic carbocycles. The van der Waals surface area contributed by atoms with Gasteiger partial charge in [0.2, 0.25) is 5.52 Å². The molecule has 0 unspecified atom stereocenters. The zero-order chi connectivity index (χ0) is 13.9. The van der Waals surface area contributed by atoms with Gasteiger partial charge in [0.05, 0.1) is 18.6 Å². The highest BCUT2D eigenvalue weighted by Gasteiger charge is 2.24. The van der Waals surface area contributed by atoms with Gasteiger partial charge in [-0.25, -0.2) is 9.36 Å². The molecule has 0 aliphatic heterocycles. The number of rotatable bonds is 1. The third-order valence-electron chi connectivity index (χ3n) is 3.92. The molecule has 0 amide bonds. The minimum Gasteiger partial charge on any atom is -0.280 e. The molecule has 1 N–H and O–H groups in total. The van der Waals surface area contributed by atoms with Crippen LogP contribution in [0.15, 0.2) is 0 Å². The van der Waals surface area contributed by atoms with Crippen molar-refractivity contribution in [2.75, 3.05) is 0 Å². The fraction of sp³-hybridized carbons (Fsp3) is 0.500. The van der Waals surface area contributed by atoms with Gasteiger partial charge in [-0.05, 0) is 32.7 Å². The number of aryl methyl sites for hydroxylation is 4. The quantitative estimate of drug-likeness (QED) is 0.681. The zero-order valence-corrected chi connectivity index (χ0v) is 12.4. The molecule has 2 aromatic heterocycles. The minimum atomic E-state index is 0.323. The average molecular weight is 258 g/mol. The molecule has 1 aromatic carbocycles. The monoisotopic (exact) mass is 258 g/mol. The summed E-state index contributed by atoms with van der Waals surface area (Å²) in [5, 5.41) is 8.07. The summed E-state index contributed by atoms with van der Waals surface area (Å²) in [6.07, 6.45) is 0. The van der Waals surface area contributed by atoms with Crippen LogP contribution in [0.5, 0.6) is 0 Å². The van der Waals surface area contributed by atoms with Gasteiger partial charge >= 0.3 is 0 Å². The molecule has 0 spiro atoms. The molecule has 3 rings (SSSR count). The highest BCUT2D eigenvalue weighted by atomic mass is 15.5. The van der Waals surface area contributed by atoms with Crippen LogP contribution in [0.4, 0.5) is 0 Å². The second-order valence-electron chi connectivity index (χ2n) is 5.54. The number of hydrogen-bond acceptors (Lipinski definition) is 2. The van der Waals surface area contributed by atoms with Crippen LogP contribution in [0, 0.1) is 20.8 Å². The van der Waals surface area contributed by atoms with Crippen molar-refractivity contribution in [1.29, 1.82) is 0 Å². The molecule has 0 saturated heterocycles. The molecule has 5 heteroatoms. The van der Waals surface area contributed by atoms with Gasteiger partial charge in [-0.1, -0.05) is 0 Å². The lowest BCUT2D eigenvalue weighted by Gasteiger charge is -2.02. The maximum atomic E-state index is 4.69. The molecule has 0 aliphatic rings. The molecule has 0 radical (unpaired) electrons. The number of hydrogen-bond donors (Lipinski definition) is 1. The van der Waals surface area contributed by atoms with Gasteiger partial charge < -0.3 is 0 Å². The Morgan fingerprint density at radius 1 is 1.11 bits per heavy atom. The Kier molecular flexibility index (Phi) is 2.42. The second kappa shape index (κ2) is 3.79. The van der Waals surface area contributed by atoms with Gasteiger partial charge in [-0.3, -0.25) is 5.10 Å². The average Bonchev–Trinajstić information content (AvgIpc) is 2.91. The summed E-state index contributed by atoms with van der Waals surface area (Å²) < 4.78 is 2.14. The van der Waals surface area contributed by atoms with E-state index >= 15 is 0 Å². The van der Waals surface area contributed by atoms with Crippen molar-refractivity contribution in [3.63, 3.8) is 0 Å². The van der Waals surface area contributed by atoms with Crippen LogP contribution in [0.1, 0.15) is 36.8 Å². The van der Waals surface area contributed by atoms with Crippen LogP contribution in [-0.4, -0.2) is 20.0 Å². The van der Waals surface area contributed by atoms with Crippen LogP contribution < -0.4 is 4.57 Å². The first-order valence-corrected chi connectivity index (χ1v) is 6.65. The van der Waals surface area contributed by atoms with E-state index in [1.807, 2.05) is 11.7 Å². The number of imidazole rings is 1. The van der Waals surface area contributed by atoms with Gasteiger partial charge in [0.15, 0.2) is 5.52 Å². The lowest BCUT2D eigenvalue weighted by atomic mass is 10.1. The molecule has 2 heterocycles. The summed E-state index contributed by atoms with van der Waals surface area (Å²) in [4.78, 5) is 6.60. The number of H-pyrrole nitrogens is 1. The zero-order valence-electron chi connectivity index (χ0n) is 12.4. The summed E-state index contributed by atoms with van der Waals surface area (Å²) >= 11 is 0. The van der Waals surface area contributed by atoms with Crippen molar-refractivity contribution >= 4 is 22.1 Å². The number of aromatic amines is 1. The van der Waals surface area contributed by atoms with E-state index in [9.17, 15) is 0 Å². The minimum absolute atomic E-state index is 0.323. The van der Waals surface area contributed by atoms with Crippen LogP contribution in [0.2, 0.25) is 0 Å². The van der Waals surface area contributed by atoms with E-state index in [-0.39, 0.29) is 0 Å². The third kappa shape index (κ3) is 1.50. The van der Waals surface area contributed by atoms with Crippen LogP contribution >= 0.6 is 0 Å². The molecule has 0 atom stereocenters. The fourth-order valence-corrected chi connectivity index (χ4v) is 2.65. The van der Waals surface area contributed by atoms with Gasteiger partial charge in [0.25, 0.3) is 5.82 Å². The SMILES string of the molecule is Cc1c2nc(C)[n+](C)c2c(C)c2nn(C(C)C)[nH]c12. The first-order valence-electron chi connectivity index (χ1n) is 6.65. The Balaban J connectivity index is 2.52. The normalized spacial score (nSPS) is 12.2. The van der Waals surface area contributed by atoms with E-state index in [2.05, 4.69) is 49.4 Å². The summed E-state index contributed by atoms with van der Waals surface area (Å²) in [7, 11) is 2.06. The Hall–Kier alpha value is -1.91. The number of nitrogens with one attached hydrogen (secondary N) is 1. The number of fused-ring (bicyclic) bond motifs is 2. The summed E-state index contributed by atoms with van der Waals surface area (Å²) in [5.74, 6) is 1.03. The molecule has 19 heavy (non-hydrogen) atoms. The topological polar surface area (TPSA) is 50.4 Å². The summed E-state index contributed by atoms with van der Waals surface area (Å²) in [5.41, 5.74) is 6.76. The van der Waals surface area contributed by atoms with E-state index in [1.54, 1.807) is 0 Å². The maximum absolute atomic E-state index is 4.69. The molecule has 0 bridgehead atoms. The van der Waals surface area contributed by atoms with Gasteiger partial charge in [0, 0.05) is 18.1 Å². The molecule has 3 aromatic rings. The van der Waals surface area contributed by atoms with E-state index < -0.39 is 0 Å². The summed E-state index contributed by atoms with van der Waals surface area (Å²) in [6.45, 7) is 10.5. The van der Waals surface area contributed by atoms with Crippen molar-refractivity contribution in [2.45, 2.75) is 40.7 Å². The molecular weight excluding hydrogens is 238 g/mol. The molecule has 5 nitrogen and oxygen atoms in total. The van der Waals surface area contributed by atoms with E-state index in [1.165, 1.54) is 16.6 Å². The van der Waals surface area contributed by atoms with Crippen molar-refractivity contribution in [2.24, 2.45) is 7.05 Å². The smallest absolute Gasteiger partial charge is 0.280 e. The maximum Gasteiger partial charge on any atom is 0.296 e. The highest BCUT2D eigenvalue weighted by molar-refractivity contribution is 5.97. The Bertz CT molecular complexity index is 791. The number of nitrogens with zero attached hydrogens (tertiary/aromatic N) is 4. The third-order valence-corrected chi connectivity index (χ3v) is 3.92. The molecular formula is C14H20N5+. The standard InChI is InChI=1S/C14H19N5/c1-7(2)19-16-11-8(3)13-14(9(4)12(11)17-19)18(6)10(5)15-13/h7H,1-6H3/p+1. The molecule has 100 valence electrons. The number of benzene rings is 1. The highest BCUT2D eigenvalue weighted by Crippen LogP contribution is 2.27. The van der Waals surface area contributed by atoms with Crippen molar-refractivity contribution in [3.05, 3.63) is 17.0 Å². The first-order chi connectivity index (χ1) is 8.91. The number of aromatic nitrogens is 5. The molecule has 0 fully saturated rings. The van der Waals surface area contributed by atoms with Crippen LogP contribution in [-0.2, 0) is 7.05 Å². The van der Waals surface area contributed by atoms with Crippen LogP contribution in [0.3, 0.4) is 0 Å². The van der Waals surface area contributed by atoms with Crippen molar-refractivity contribution in [1.82, 2.24) is 20.0 Å². The molecule has 0 saturated carbocycles. The van der Waals surface area contributed by atoms with E-state index in [0.29, 0.717) is 6.04 Å². The van der Waals surface area contributed by atoms with Gasteiger partial charge in [-0.2, -0.15) is 5.10 Å². The largest absolute Gasteiger partial charge is 0.296 e. The first kappa shape index (κ1) is 12.1.